The number of hydrogen-bond acceptors (Lipinski definition) is 2. The molecule has 1 fully saturated rings. The first-order valence-corrected chi connectivity index (χ1v) is 9.32. The number of carbonyl (C=O) groups is 1. The Morgan fingerprint density at radius 1 is 0.862 bits per heavy atom. The van der Waals surface area contributed by atoms with Crippen LogP contribution >= 0.6 is 0 Å². The SMILES string of the molecule is O=C1[C@H](C/C=C/c2ccc(F)cc2)C(c2ccc(O)cc2)N1c1ccc(F)cc1. The van der Waals surface area contributed by atoms with Crippen molar-refractivity contribution in [2.75, 3.05) is 4.90 Å². The van der Waals surface area contributed by atoms with Crippen LogP contribution in [0, 0.1) is 17.6 Å². The third kappa shape index (κ3) is 3.90. The Hall–Kier alpha value is -3.47. The van der Waals surface area contributed by atoms with Gasteiger partial charge in [0, 0.05) is 5.69 Å². The molecule has 3 aromatic carbocycles. The fourth-order valence-electron chi connectivity index (χ4n) is 3.65. The maximum Gasteiger partial charge on any atom is 0.233 e. The smallest absolute Gasteiger partial charge is 0.233 e. The van der Waals surface area contributed by atoms with Gasteiger partial charge < -0.3 is 10.0 Å². The number of allylic oxidation sites excluding steroid dienone is 1. The number of benzene rings is 3. The largest absolute Gasteiger partial charge is 0.508 e. The fourth-order valence-corrected chi connectivity index (χ4v) is 3.65. The van der Waals surface area contributed by atoms with Crippen molar-refractivity contribution in [2.45, 2.75) is 12.5 Å². The lowest BCUT2D eigenvalue weighted by Gasteiger charge is -2.47. The highest BCUT2D eigenvalue weighted by atomic mass is 19.1. The molecule has 0 saturated carbocycles. The van der Waals surface area contributed by atoms with Gasteiger partial charge in [0.25, 0.3) is 0 Å². The van der Waals surface area contributed by atoms with Crippen LogP contribution < -0.4 is 4.90 Å². The highest BCUT2D eigenvalue weighted by Gasteiger charge is 2.47. The van der Waals surface area contributed by atoms with Gasteiger partial charge in [0.05, 0.1) is 12.0 Å². The summed E-state index contributed by atoms with van der Waals surface area (Å²) in [5, 5.41) is 9.59. The molecular weight excluding hydrogens is 372 g/mol. The van der Waals surface area contributed by atoms with Gasteiger partial charge in [-0.2, -0.15) is 0 Å². The summed E-state index contributed by atoms with van der Waals surface area (Å²) in [5.74, 6) is -0.819. The van der Waals surface area contributed by atoms with Crippen LogP contribution in [0.2, 0.25) is 0 Å². The number of hydrogen-bond donors (Lipinski definition) is 1. The zero-order valence-corrected chi connectivity index (χ0v) is 15.5. The maximum absolute atomic E-state index is 13.3. The maximum atomic E-state index is 13.3. The first-order chi connectivity index (χ1) is 14.0. The summed E-state index contributed by atoms with van der Waals surface area (Å²) >= 11 is 0. The molecule has 0 aromatic heterocycles. The molecule has 1 amide bonds. The van der Waals surface area contributed by atoms with Gasteiger partial charge in [-0.3, -0.25) is 4.79 Å². The van der Waals surface area contributed by atoms with Gasteiger partial charge in [0.15, 0.2) is 0 Å². The number of nitrogens with zero attached hydrogens (tertiary/aromatic N) is 1. The number of β-lactam (4-membered cyclic amide) rings is 1. The van der Waals surface area contributed by atoms with Crippen molar-refractivity contribution >= 4 is 17.7 Å². The van der Waals surface area contributed by atoms with Crippen LogP contribution in [0.1, 0.15) is 23.6 Å². The van der Waals surface area contributed by atoms with Crippen molar-refractivity contribution in [3.8, 4) is 5.75 Å². The highest BCUT2D eigenvalue weighted by molar-refractivity contribution is 6.03. The van der Waals surface area contributed by atoms with Crippen LogP contribution in [0.4, 0.5) is 14.5 Å². The van der Waals surface area contributed by atoms with Crippen molar-refractivity contribution in [3.63, 3.8) is 0 Å². The molecule has 0 radical (unpaired) electrons. The van der Waals surface area contributed by atoms with E-state index in [1.165, 1.54) is 24.3 Å². The van der Waals surface area contributed by atoms with Gasteiger partial charge in [-0.25, -0.2) is 8.78 Å². The van der Waals surface area contributed by atoms with Crippen LogP contribution in [0.15, 0.2) is 78.9 Å². The monoisotopic (exact) mass is 391 g/mol. The van der Waals surface area contributed by atoms with Crippen LogP contribution in [-0.2, 0) is 4.79 Å². The zero-order chi connectivity index (χ0) is 20.4. The lowest BCUT2D eigenvalue weighted by atomic mass is 9.79. The number of halogens is 2. The number of aromatic hydroxyl groups is 1. The number of phenolic OH excluding ortho intramolecular Hbond substituents is 1. The lowest BCUT2D eigenvalue weighted by molar-refractivity contribution is -0.130. The predicted octanol–water partition coefficient (Wildman–Crippen LogP) is 5.48. The van der Waals surface area contributed by atoms with E-state index in [4.69, 9.17) is 0 Å². The molecule has 1 aliphatic heterocycles. The molecule has 146 valence electrons. The summed E-state index contributed by atoms with van der Waals surface area (Å²) in [6.07, 6.45) is 4.28. The van der Waals surface area contributed by atoms with E-state index in [0.717, 1.165) is 11.1 Å². The predicted molar refractivity (Wildman–Crippen MR) is 108 cm³/mol. The molecule has 0 bridgehead atoms. The Morgan fingerprint density at radius 2 is 1.45 bits per heavy atom. The summed E-state index contributed by atoms with van der Waals surface area (Å²) in [6.45, 7) is 0. The normalized spacial score (nSPS) is 18.8. The molecular formula is C24H19F2NO2. The molecule has 4 rings (SSSR count). The molecule has 1 unspecified atom stereocenters. The van der Waals surface area contributed by atoms with Gasteiger partial charge in [-0.15, -0.1) is 0 Å². The second-order valence-electron chi connectivity index (χ2n) is 7.02. The molecule has 3 nitrogen and oxygen atoms in total. The Balaban J connectivity index is 1.58. The summed E-state index contributed by atoms with van der Waals surface area (Å²) in [6, 6.07) is 18.5. The second kappa shape index (κ2) is 7.87. The van der Waals surface area contributed by atoms with E-state index in [9.17, 15) is 18.7 Å². The summed E-state index contributed by atoms with van der Waals surface area (Å²) in [7, 11) is 0. The van der Waals surface area contributed by atoms with Crippen molar-refractivity contribution in [1.29, 1.82) is 0 Å². The van der Waals surface area contributed by atoms with E-state index >= 15 is 0 Å². The fraction of sp³-hybridized carbons (Fsp3) is 0.125. The van der Waals surface area contributed by atoms with Gasteiger partial charge in [-0.1, -0.05) is 36.4 Å². The molecule has 29 heavy (non-hydrogen) atoms. The molecule has 2 atom stereocenters. The minimum Gasteiger partial charge on any atom is -0.508 e. The molecule has 1 N–H and O–H groups in total. The Kier molecular flexibility index (Phi) is 5.12. The van der Waals surface area contributed by atoms with E-state index in [-0.39, 0.29) is 35.3 Å². The standard InChI is InChI=1S/C24H19F2NO2/c25-18-8-4-16(5-9-18)2-1-3-22-23(17-6-14-21(28)15-7-17)27(24(22)29)20-12-10-19(26)11-13-20/h1-2,4-15,22-23,28H,3H2/b2-1+/t22-,23?/m1/s1. The van der Waals surface area contributed by atoms with Gasteiger partial charge in [0.1, 0.15) is 17.4 Å². The highest BCUT2D eigenvalue weighted by Crippen LogP contribution is 2.45. The summed E-state index contributed by atoms with van der Waals surface area (Å²) in [5.41, 5.74) is 2.38. The second-order valence-corrected chi connectivity index (χ2v) is 7.02. The number of carbonyl (C=O) groups excluding carboxylic acids is 1. The first-order valence-electron chi connectivity index (χ1n) is 9.32. The average molecular weight is 391 g/mol. The Labute approximate surface area is 167 Å². The average Bonchev–Trinajstić information content (AvgIpc) is 2.72. The van der Waals surface area contributed by atoms with Crippen molar-refractivity contribution in [3.05, 3.63) is 102 Å². The molecule has 3 aromatic rings. The third-order valence-corrected chi connectivity index (χ3v) is 5.12. The van der Waals surface area contributed by atoms with Crippen molar-refractivity contribution in [2.24, 2.45) is 5.92 Å². The number of phenols is 1. The quantitative estimate of drug-likeness (QED) is 0.585. The van der Waals surface area contributed by atoms with E-state index < -0.39 is 0 Å². The van der Waals surface area contributed by atoms with Crippen molar-refractivity contribution < 1.29 is 18.7 Å². The topological polar surface area (TPSA) is 40.5 Å². The molecule has 1 aliphatic rings. The number of rotatable bonds is 5. The molecule has 0 spiro atoms. The molecule has 5 heteroatoms. The Bertz CT molecular complexity index is 1030. The summed E-state index contributed by atoms with van der Waals surface area (Å²) in [4.78, 5) is 14.5. The van der Waals surface area contributed by atoms with Gasteiger partial charge >= 0.3 is 0 Å². The first kappa shape index (κ1) is 18.9. The zero-order valence-electron chi connectivity index (χ0n) is 15.5. The van der Waals surface area contributed by atoms with Crippen LogP contribution in [0.5, 0.6) is 5.75 Å². The minimum absolute atomic E-state index is 0.0431. The molecule has 1 heterocycles. The van der Waals surface area contributed by atoms with E-state index in [0.29, 0.717) is 12.1 Å². The molecule has 1 saturated heterocycles. The van der Waals surface area contributed by atoms with Crippen molar-refractivity contribution in [1.82, 2.24) is 0 Å². The number of anilines is 1. The van der Waals surface area contributed by atoms with Gasteiger partial charge in [-0.05, 0) is 66.1 Å². The Morgan fingerprint density at radius 3 is 2.07 bits per heavy atom. The summed E-state index contributed by atoms with van der Waals surface area (Å²) < 4.78 is 26.3. The lowest BCUT2D eigenvalue weighted by Crippen LogP contribution is -2.55. The van der Waals surface area contributed by atoms with Crippen LogP contribution in [-0.4, -0.2) is 11.0 Å². The number of amides is 1. The molecule has 0 aliphatic carbocycles. The van der Waals surface area contributed by atoms with Crippen LogP contribution in [0.3, 0.4) is 0 Å². The van der Waals surface area contributed by atoms with Crippen LogP contribution in [0.25, 0.3) is 6.08 Å². The minimum atomic E-state index is -0.360. The van der Waals surface area contributed by atoms with Gasteiger partial charge in [0.2, 0.25) is 5.91 Å². The van der Waals surface area contributed by atoms with E-state index in [2.05, 4.69) is 0 Å². The third-order valence-electron chi connectivity index (χ3n) is 5.12. The van der Waals surface area contributed by atoms with E-state index in [1.54, 1.807) is 53.4 Å². The van der Waals surface area contributed by atoms with E-state index in [1.807, 2.05) is 12.2 Å².